The zero-order valence-corrected chi connectivity index (χ0v) is 16.9. The number of methoxy groups -OCH3 is 1. The Morgan fingerprint density at radius 2 is 1.92 bits per heavy atom. The van der Waals surface area contributed by atoms with Crippen LogP contribution >= 0.6 is 0 Å². The van der Waals surface area contributed by atoms with Crippen molar-refractivity contribution >= 4 is 16.0 Å². The number of hydrogen-bond donors (Lipinski definition) is 1. The third-order valence-corrected chi connectivity index (χ3v) is 6.39. The smallest absolute Gasteiger partial charge is 0.337 e. The summed E-state index contributed by atoms with van der Waals surface area (Å²) in [5.74, 6) is 0.924. The fourth-order valence-electron chi connectivity index (χ4n) is 3.76. The third kappa shape index (κ3) is 5.53. The molecule has 1 saturated heterocycles. The highest BCUT2D eigenvalue weighted by Crippen LogP contribution is 2.21. The predicted octanol–water partition coefficient (Wildman–Crippen LogP) is 2.43. The molecule has 0 radical (unpaired) electrons. The van der Waals surface area contributed by atoms with E-state index in [0.717, 1.165) is 26.1 Å². The van der Waals surface area contributed by atoms with Crippen molar-refractivity contribution in [2.24, 2.45) is 11.8 Å². The number of nitrogens with zero attached hydrogens (tertiary/aromatic N) is 1. The van der Waals surface area contributed by atoms with E-state index in [1.807, 2.05) is 0 Å². The highest BCUT2D eigenvalue weighted by atomic mass is 32.2. The Kier molecular flexibility index (Phi) is 7.20. The van der Waals surface area contributed by atoms with Gasteiger partial charge in [-0.2, -0.15) is 0 Å². The molecule has 1 heterocycles. The Balaban J connectivity index is 1.89. The number of sulfonamides is 1. The maximum absolute atomic E-state index is 12.5. The van der Waals surface area contributed by atoms with Crippen LogP contribution in [0.5, 0.6) is 0 Å². The quantitative estimate of drug-likeness (QED) is 0.579. The maximum atomic E-state index is 12.5. The second-order valence-corrected chi connectivity index (χ2v) is 9.16. The van der Waals surface area contributed by atoms with E-state index in [-0.39, 0.29) is 4.90 Å². The van der Waals surface area contributed by atoms with Crippen LogP contribution in [0.3, 0.4) is 0 Å². The van der Waals surface area contributed by atoms with Crippen LogP contribution in [0.2, 0.25) is 0 Å². The van der Waals surface area contributed by atoms with Gasteiger partial charge < -0.3 is 9.64 Å². The molecule has 2 unspecified atom stereocenters. The minimum atomic E-state index is -3.59. The highest BCUT2D eigenvalue weighted by Gasteiger charge is 2.22. The molecule has 1 aliphatic heterocycles. The molecular formula is C19H30N2O4S. The molecule has 26 heavy (non-hydrogen) atoms. The lowest BCUT2D eigenvalue weighted by atomic mass is 9.92. The minimum absolute atomic E-state index is 0.199. The lowest BCUT2D eigenvalue weighted by Gasteiger charge is -2.34. The molecule has 2 rings (SSSR count). The van der Waals surface area contributed by atoms with Crippen molar-refractivity contribution in [2.75, 3.05) is 33.3 Å². The van der Waals surface area contributed by atoms with Gasteiger partial charge in [0, 0.05) is 19.6 Å². The van der Waals surface area contributed by atoms with Crippen LogP contribution in [0, 0.1) is 18.8 Å². The largest absolute Gasteiger partial charge is 0.465 e. The van der Waals surface area contributed by atoms with Crippen molar-refractivity contribution in [1.29, 1.82) is 0 Å². The van der Waals surface area contributed by atoms with Gasteiger partial charge in [0.2, 0.25) is 10.0 Å². The number of carbonyl (C=O) groups is 1. The predicted molar refractivity (Wildman–Crippen MR) is 102 cm³/mol. The molecule has 1 aromatic carbocycles. The monoisotopic (exact) mass is 382 g/mol. The summed E-state index contributed by atoms with van der Waals surface area (Å²) in [6.45, 7) is 9.70. The van der Waals surface area contributed by atoms with E-state index in [9.17, 15) is 13.2 Å². The normalized spacial score (nSPS) is 21.5. The van der Waals surface area contributed by atoms with Crippen LogP contribution < -0.4 is 4.72 Å². The summed E-state index contributed by atoms with van der Waals surface area (Å²) < 4.78 is 32.4. The molecule has 1 aliphatic rings. The summed E-state index contributed by atoms with van der Waals surface area (Å²) in [5.41, 5.74) is 0.872. The Morgan fingerprint density at radius 1 is 1.27 bits per heavy atom. The molecule has 0 saturated carbocycles. The first kappa shape index (κ1) is 20.9. The number of nitrogens with one attached hydrogen (secondary N) is 1. The number of ether oxygens (including phenoxy) is 1. The van der Waals surface area contributed by atoms with Crippen molar-refractivity contribution in [3.63, 3.8) is 0 Å². The standard InChI is InChI=1S/C19H30N2O4S/c1-14-10-15(2)13-21(12-14)9-5-8-20-26(23,24)18-7-6-17(11-16(18)3)19(22)25-4/h6-7,11,14-15,20H,5,8-10,12-13H2,1-4H3. The van der Waals surface area contributed by atoms with Crippen LogP contribution in [-0.2, 0) is 14.8 Å². The van der Waals surface area contributed by atoms with Gasteiger partial charge in [-0.05, 0) is 61.9 Å². The number of esters is 1. The first-order valence-electron chi connectivity index (χ1n) is 9.14. The molecule has 0 amide bonds. The SMILES string of the molecule is COC(=O)c1ccc(S(=O)(=O)NCCCN2CC(C)CC(C)C2)c(C)c1. The van der Waals surface area contributed by atoms with Crippen molar-refractivity contribution in [3.8, 4) is 0 Å². The maximum Gasteiger partial charge on any atom is 0.337 e. The Morgan fingerprint density at radius 3 is 2.50 bits per heavy atom. The summed E-state index contributed by atoms with van der Waals surface area (Å²) in [4.78, 5) is 14.2. The van der Waals surface area contributed by atoms with Gasteiger partial charge >= 0.3 is 5.97 Å². The average Bonchev–Trinajstić information content (AvgIpc) is 2.57. The fourth-order valence-corrected chi connectivity index (χ4v) is 5.06. The summed E-state index contributed by atoms with van der Waals surface area (Å²) in [6, 6.07) is 4.47. The molecule has 0 spiro atoms. The van der Waals surface area contributed by atoms with Gasteiger partial charge in [-0.25, -0.2) is 17.9 Å². The summed E-state index contributed by atoms with van der Waals surface area (Å²) >= 11 is 0. The first-order valence-corrected chi connectivity index (χ1v) is 10.6. The molecule has 6 nitrogen and oxygen atoms in total. The van der Waals surface area contributed by atoms with E-state index >= 15 is 0 Å². The van der Waals surface area contributed by atoms with Gasteiger partial charge in [-0.1, -0.05) is 13.8 Å². The molecule has 0 aliphatic carbocycles. The topological polar surface area (TPSA) is 75.7 Å². The fraction of sp³-hybridized carbons (Fsp3) is 0.632. The van der Waals surface area contributed by atoms with E-state index in [4.69, 9.17) is 0 Å². The van der Waals surface area contributed by atoms with Gasteiger partial charge in [0.25, 0.3) is 0 Å². The van der Waals surface area contributed by atoms with Gasteiger partial charge in [-0.15, -0.1) is 0 Å². The van der Waals surface area contributed by atoms with E-state index < -0.39 is 16.0 Å². The van der Waals surface area contributed by atoms with Gasteiger partial charge in [-0.3, -0.25) is 0 Å². The number of likely N-dealkylation sites (tertiary alicyclic amines) is 1. The van der Waals surface area contributed by atoms with Crippen LogP contribution in [0.4, 0.5) is 0 Å². The van der Waals surface area contributed by atoms with Crippen molar-refractivity contribution in [3.05, 3.63) is 29.3 Å². The molecule has 1 N–H and O–H groups in total. The average molecular weight is 383 g/mol. The summed E-state index contributed by atoms with van der Waals surface area (Å²) in [5, 5.41) is 0. The van der Waals surface area contributed by atoms with E-state index in [0.29, 0.717) is 29.5 Å². The molecule has 0 aromatic heterocycles. The zero-order chi connectivity index (χ0) is 19.3. The Labute approximate surface area is 157 Å². The molecule has 1 aromatic rings. The minimum Gasteiger partial charge on any atom is -0.465 e. The number of hydrogen-bond acceptors (Lipinski definition) is 5. The van der Waals surface area contributed by atoms with Gasteiger partial charge in [0.05, 0.1) is 17.6 Å². The van der Waals surface area contributed by atoms with Crippen molar-refractivity contribution in [1.82, 2.24) is 9.62 Å². The molecule has 1 fully saturated rings. The van der Waals surface area contributed by atoms with Crippen LogP contribution in [0.1, 0.15) is 42.6 Å². The first-order chi connectivity index (χ1) is 12.2. The zero-order valence-electron chi connectivity index (χ0n) is 16.1. The molecule has 7 heteroatoms. The van der Waals surface area contributed by atoms with Gasteiger partial charge in [0.1, 0.15) is 0 Å². The van der Waals surface area contributed by atoms with Crippen LogP contribution in [0.25, 0.3) is 0 Å². The molecule has 146 valence electrons. The summed E-state index contributed by atoms with van der Waals surface area (Å²) in [6.07, 6.45) is 2.04. The van der Waals surface area contributed by atoms with Crippen molar-refractivity contribution < 1.29 is 17.9 Å². The number of rotatable bonds is 7. The van der Waals surface area contributed by atoms with Crippen molar-refractivity contribution in [2.45, 2.75) is 38.5 Å². The van der Waals surface area contributed by atoms with E-state index in [1.165, 1.54) is 31.7 Å². The lowest BCUT2D eigenvalue weighted by molar-refractivity contribution is 0.0600. The third-order valence-electron chi connectivity index (χ3n) is 4.77. The van der Waals surface area contributed by atoms with E-state index in [1.54, 1.807) is 6.92 Å². The van der Waals surface area contributed by atoms with Crippen LogP contribution in [0.15, 0.2) is 23.1 Å². The van der Waals surface area contributed by atoms with Crippen LogP contribution in [-0.4, -0.2) is 52.6 Å². The summed E-state index contributed by atoms with van der Waals surface area (Å²) in [7, 11) is -2.29. The lowest BCUT2D eigenvalue weighted by Crippen LogP contribution is -2.40. The second-order valence-electron chi connectivity index (χ2n) is 7.43. The number of carbonyl (C=O) groups excluding carboxylic acids is 1. The number of piperidine rings is 1. The van der Waals surface area contributed by atoms with E-state index in [2.05, 4.69) is 28.2 Å². The highest BCUT2D eigenvalue weighted by molar-refractivity contribution is 7.89. The number of benzene rings is 1. The molecule has 2 atom stereocenters. The number of aryl methyl sites for hydroxylation is 1. The van der Waals surface area contributed by atoms with Gasteiger partial charge in [0.15, 0.2) is 0 Å². The Bertz CT molecular complexity index is 723. The Hall–Kier alpha value is -1.44. The molecule has 0 bridgehead atoms. The second kappa shape index (κ2) is 8.97. The molecular weight excluding hydrogens is 352 g/mol.